The molecule has 2 N–H and O–H groups in total. The molecule has 0 spiro atoms. The molecule has 1 aromatic rings. The van der Waals surface area contributed by atoms with Crippen molar-refractivity contribution in [1.29, 1.82) is 0 Å². The molecule has 0 radical (unpaired) electrons. The van der Waals surface area contributed by atoms with E-state index in [2.05, 4.69) is 31.1 Å². The lowest BCUT2D eigenvalue weighted by Crippen LogP contribution is -2.28. The van der Waals surface area contributed by atoms with Crippen LogP contribution >= 0.6 is 0 Å². The van der Waals surface area contributed by atoms with E-state index in [9.17, 15) is 13.2 Å². The zero-order chi connectivity index (χ0) is 14.0. The number of alkyl halides is 3. The second-order valence-corrected chi connectivity index (χ2v) is 9.89. The monoisotopic (exact) mass is 271 g/mol. The number of rotatable bonds is 1. The minimum atomic E-state index is -4.43. The fraction of sp³-hybridized carbons (Fsp3) is 0.385. The third-order valence-corrected chi connectivity index (χ3v) is 3.06. The molecular weight excluding hydrogens is 255 g/mol. The highest BCUT2D eigenvalue weighted by atomic mass is 28.3. The van der Waals surface area contributed by atoms with E-state index in [0.717, 1.165) is 0 Å². The van der Waals surface area contributed by atoms with E-state index in [1.165, 1.54) is 12.1 Å². The van der Waals surface area contributed by atoms with Crippen LogP contribution < -0.4 is 5.73 Å². The summed E-state index contributed by atoms with van der Waals surface area (Å²) in [4.78, 5) is 0. The van der Waals surface area contributed by atoms with E-state index < -0.39 is 20.3 Å². The molecule has 1 unspecified atom stereocenters. The van der Waals surface area contributed by atoms with Crippen molar-refractivity contribution in [2.75, 3.05) is 0 Å². The Morgan fingerprint density at radius 1 is 1.22 bits per heavy atom. The predicted octanol–water partition coefficient (Wildman–Crippen LogP) is 3.48. The summed E-state index contributed by atoms with van der Waals surface area (Å²) in [6.45, 7) is 6.22. The van der Waals surface area contributed by atoms with Gasteiger partial charge in [-0.15, -0.1) is 5.54 Å². The molecule has 0 aromatic heterocycles. The van der Waals surface area contributed by atoms with Gasteiger partial charge in [-0.1, -0.05) is 37.7 Å². The van der Waals surface area contributed by atoms with Gasteiger partial charge < -0.3 is 5.73 Å². The van der Waals surface area contributed by atoms with E-state index in [-0.39, 0.29) is 5.56 Å². The van der Waals surface area contributed by atoms with Gasteiger partial charge >= 0.3 is 6.18 Å². The average Bonchev–Trinajstić information content (AvgIpc) is 2.23. The van der Waals surface area contributed by atoms with Crippen molar-refractivity contribution in [2.24, 2.45) is 5.73 Å². The number of benzene rings is 1. The standard InChI is InChI=1S/C13H16F3NSi/c1-18(2,3)8-7-10-5-4-6-11(9-10)12(17)13(14,15)16/h4-6,9,12H,17H2,1-3H3. The molecule has 0 bridgehead atoms. The van der Waals surface area contributed by atoms with Crippen molar-refractivity contribution in [2.45, 2.75) is 31.9 Å². The maximum Gasteiger partial charge on any atom is 0.407 e. The molecule has 0 aliphatic heterocycles. The first-order valence-corrected chi connectivity index (χ1v) is 9.05. The van der Waals surface area contributed by atoms with Crippen LogP contribution in [-0.2, 0) is 0 Å². The third kappa shape index (κ3) is 4.55. The lowest BCUT2D eigenvalue weighted by molar-refractivity contribution is -0.149. The topological polar surface area (TPSA) is 26.0 Å². The highest BCUT2D eigenvalue weighted by Crippen LogP contribution is 2.30. The highest BCUT2D eigenvalue weighted by Gasteiger charge is 2.37. The van der Waals surface area contributed by atoms with Crippen molar-refractivity contribution < 1.29 is 13.2 Å². The van der Waals surface area contributed by atoms with E-state index >= 15 is 0 Å². The van der Waals surface area contributed by atoms with Crippen molar-refractivity contribution in [3.63, 3.8) is 0 Å². The summed E-state index contributed by atoms with van der Waals surface area (Å²) in [5.41, 5.74) is 8.89. The molecule has 0 heterocycles. The van der Waals surface area contributed by atoms with Gasteiger partial charge in [0, 0.05) is 5.56 Å². The fourth-order valence-electron chi connectivity index (χ4n) is 1.26. The molecule has 1 rings (SSSR count). The third-order valence-electron chi connectivity index (χ3n) is 2.18. The second kappa shape index (κ2) is 5.17. The van der Waals surface area contributed by atoms with Gasteiger partial charge in [0.25, 0.3) is 0 Å². The summed E-state index contributed by atoms with van der Waals surface area (Å²) >= 11 is 0. The van der Waals surface area contributed by atoms with Gasteiger partial charge in [-0.05, 0) is 17.7 Å². The average molecular weight is 271 g/mol. The summed E-state index contributed by atoms with van der Waals surface area (Å²) in [5.74, 6) is 2.92. The Bertz CT molecular complexity index is 477. The molecule has 18 heavy (non-hydrogen) atoms. The Morgan fingerprint density at radius 2 is 1.83 bits per heavy atom. The summed E-state index contributed by atoms with van der Waals surface area (Å²) < 4.78 is 37.5. The van der Waals surface area contributed by atoms with E-state index in [4.69, 9.17) is 5.73 Å². The molecule has 0 fully saturated rings. The maximum absolute atomic E-state index is 12.5. The lowest BCUT2D eigenvalue weighted by atomic mass is 10.0. The van der Waals surface area contributed by atoms with E-state index in [1.807, 2.05) is 0 Å². The van der Waals surface area contributed by atoms with Crippen LogP contribution in [0.5, 0.6) is 0 Å². The zero-order valence-electron chi connectivity index (χ0n) is 10.6. The van der Waals surface area contributed by atoms with Gasteiger partial charge in [-0.3, -0.25) is 0 Å². The smallest absolute Gasteiger partial charge is 0.316 e. The van der Waals surface area contributed by atoms with Crippen LogP contribution in [0.4, 0.5) is 13.2 Å². The fourth-order valence-corrected chi connectivity index (χ4v) is 1.78. The first kappa shape index (κ1) is 14.8. The number of nitrogens with two attached hydrogens (primary N) is 1. The molecule has 98 valence electrons. The van der Waals surface area contributed by atoms with E-state index in [0.29, 0.717) is 5.56 Å². The SMILES string of the molecule is C[Si](C)(C)C#Cc1cccc(C(N)C(F)(F)F)c1. The molecule has 0 saturated heterocycles. The van der Waals surface area contributed by atoms with Crippen LogP contribution in [-0.4, -0.2) is 14.3 Å². The number of hydrogen-bond acceptors (Lipinski definition) is 1. The zero-order valence-corrected chi connectivity index (χ0v) is 11.6. The quantitative estimate of drug-likeness (QED) is 0.614. The lowest BCUT2D eigenvalue weighted by Gasteiger charge is -2.15. The van der Waals surface area contributed by atoms with Gasteiger partial charge in [-0.2, -0.15) is 13.2 Å². The summed E-state index contributed by atoms with van der Waals surface area (Å²) in [6.07, 6.45) is -4.43. The Labute approximate surface area is 106 Å². The molecule has 1 atom stereocenters. The Morgan fingerprint density at radius 3 is 2.33 bits per heavy atom. The largest absolute Gasteiger partial charge is 0.407 e. The summed E-state index contributed by atoms with van der Waals surface area (Å²) in [5, 5.41) is 0. The second-order valence-electron chi connectivity index (χ2n) is 5.14. The van der Waals surface area contributed by atoms with Crippen LogP contribution in [0.2, 0.25) is 19.6 Å². The highest BCUT2D eigenvalue weighted by molar-refractivity contribution is 6.83. The van der Waals surface area contributed by atoms with Crippen molar-refractivity contribution in [3.8, 4) is 11.5 Å². The molecule has 0 aliphatic rings. The van der Waals surface area contributed by atoms with Gasteiger partial charge in [0.15, 0.2) is 0 Å². The van der Waals surface area contributed by atoms with Crippen molar-refractivity contribution >= 4 is 8.07 Å². The molecule has 0 amide bonds. The molecule has 1 aromatic carbocycles. The van der Waals surface area contributed by atoms with Crippen LogP contribution in [0.15, 0.2) is 24.3 Å². The van der Waals surface area contributed by atoms with Crippen molar-refractivity contribution in [1.82, 2.24) is 0 Å². The Hall–Kier alpha value is -1.25. The van der Waals surface area contributed by atoms with Gasteiger partial charge in [0.2, 0.25) is 0 Å². The first-order chi connectivity index (χ1) is 8.09. The number of hydrogen-bond donors (Lipinski definition) is 1. The predicted molar refractivity (Wildman–Crippen MR) is 69.6 cm³/mol. The minimum absolute atomic E-state index is 0.0462. The van der Waals surface area contributed by atoms with Crippen molar-refractivity contribution in [3.05, 3.63) is 35.4 Å². The van der Waals surface area contributed by atoms with Gasteiger partial charge in [0.1, 0.15) is 14.1 Å². The van der Waals surface area contributed by atoms with Crippen LogP contribution in [0.3, 0.4) is 0 Å². The van der Waals surface area contributed by atoms with Gasteiger partial charge in [-0.25, -0.2) is 0 Å². The first-order valence-electron chi connectivity index (χ1n) is 5.55. The van der Waals surface area contributed by atoms with E-state index in [1.54, 1.807) is 12.1 Å². The Balaban J connectivity index is 3.03. The summed E-state index contributed by atoms with van der Waals surface area (Å²) in [7, 11) is -1.54. The molecule has 5 heteroatoms. The number of halogens is 3. The van der Waals surface area contributed by atoms with Crippen LogP contribution in [0.1, 0.15) is 17.2 Å². The maximum atomic E-state index is 12.5. The Kier molecular flexibility index (Phi) is 4.25. The minimum Gasteiger partial charge on any atom is -0.316 e. The normalized spacial score (nSPS) is 13.7. The molecular formula is C13H16F3NSi. The van der Waals surface area contributed by atoms with Crippen LogP contribution in [0, 0.1) is 11.5 Å². The summed E-state index contributed by atoms with van der Waals surface area (Å²) in [6, 6.07) is 4.07. The molecule has 0 aliphatic carbocycles. The van der Waals surface area contributed by atoms with Gasteiger partial charge in [0.05, 0.1) is 0 Å². The molecule has 0 saturated carbocycles. The van der Waals surface area contributed by atoms with Crippen LogP contribution in [0.25, 0.3) is 0 Å². The molecule has 1 nitrogen and oxygen atoms in total.